The molecule has 3 aliphatic rings. The molecule has 0 nitrogen and oxygen atoms in total. The molecule has 3 rings (SSSR count). The van der Waals surface area contributed by atoms with Gasteiger partial charge in [0.25, 0.3) is 0 Å². The Labute approximate surface area is 64.0 Å². The van der Waals surface area contributed by atoms with Gasteiger partial charge in [-0.2, -0.15) is 0 Å². The molecule has 3 fully saturated rings. The Hall–Kier alpha value is 0. The van der Waals surface area contributed by atoms with Crippen LogP contribution >= 0.6 is 0 Å². The maximum atomic E-state index is 2.53. The van der Waals surface area contributed by atoms with Crippen molar-refractivity contribution >= 4 is 0 Å². The molecule has 10 heavy (non-hydrogen) atoms. The second-order valence-electron chi connectivity index (χ2n) is 5.00. The third-order valence-corrected chi connectivity index (χ3v) is 4.00. The van der Waals surface area contributed by atoms with Crippen LogP contribution in [0.25, 0.3) is 0 Å². The summed E-state index contributed by atoms with van der Waals surface area (Å²) in [7, 11) is 0. The molecule has 0 atom stereocenters. The van der Waals surface area contributed by atoms with Crippen LogP contribution in [-0.2, 0) is 0 Å². The summed E-state index contributed by atoms with van der Waals surface area (Å²) in [5, 5.41) is 0. The van der Waals surface area contributed by atoms with Gasteiger partial charge in [0.15, 0.2) is 0 Å². The third-order valence-electron chi connectivity index (χ3n) is 4.00. The van der Waals surface area contributed by atoms with Gasteiger partial charge in [-0.3, -0.25) is 0 Å². The molecule has 0 aromatic carbocycles. The average Bonchev–Trinajstić information content (AvgIpc) is 1.73. The zero-order valence-corrected chi connectivity index (χ0v) is 7.28. The van der Waals surface area contributed by atoms with Gasteiger partial charge in [0, 0.05) is 0 Å². The van der Waals surface area contributed by atoms with Crippen molar-refractivity contribution in [3.05, 3.63) is 6.42 Å². The number of hydrogen-bond donors (Lipinski definition) is 0. The summed E-state index contributed by atoms with van der Waals surface area (Å²) in [6, 6.07) is 0. The van der Waals surface area contributed by atoms with Gasteiger partial charge in [-0.15, -0.1) is 0 Å². The fourth-order valence-electron chi connectivity index (χ4n) is 2.61. The van der Waals surface area contributed by atoms with E-state index in [1.165, 1.54) is 19.3 Å². The molecule has 0 aromatic rings. The van der Waals surface area contributed by atoms with E-state index >= 15 is 0 Å². The molecule has 0 unspecified atom stereocenters. The standard InChI is InChI=1S/C10H17/c1-9(2)5-4-8-6-10(9,3)7-8/h5,8H,4,6-7H2,1-3H3. The average molecular weight is 137 g/mol. The number of rotatable bonds is 0. The topological polar surface area (TPSA) is 0 Å². The Balaban J connectivity index is 2.21. The smallest absolute Gasteiger partial charge is 0.0267 e. The van der Waals surface area contributed by atoms with Crippen LogP contribution in [0.4, 0.5) is 0 Å². The molecule has 0 heteroatoms. The fraction of sp³-hybridized carbons (Fsp3) is 0.900. The molecular formula is C10H17. The highest BCUT2D eigenvalue weighted by Crippen LogP contribution is 2.63. The van der Waals surface area contributed by atoms with Crippen LogP contribution in [0.3, 0.4) is 0 Å². The number of hydrogen-bond acceptors (Lipinski definition) is 0. The van der Waals surface area contributed by atoms with E-state index in [1.54, 1.807) is 0 Å². The molecule has 57 valence electrons. The normalized spacial score (nSPS) is 50.1. The minimum atomic E-state index is 0.516. The first-order chi connectivity index (χ1) is 4.54. The Bertz CT molecular complexity index is 140. The van der Waals surface area contributed by atoms with Gasteiger partial charge in [-0.1, -0.05) is 20.8 Å². The van der Waals surface area contributed by atoms with Crippen molar-refractivity contribution in [3.8, 4) is 0 Å². The van der Waals surface area contributed by atoms with Crippen molar-refractivity contribution < 1.29 is 0 Å². The largest absolute Gasteiger partial charge is 0.0591 e. The van der Waals surface area contributed by atoms with E-state index < -0.39 is 0 Å². The lowest BCUT2D eigenvalue weighted by atomic mass is 9.45. The van der Waals surface area contributed by atoms with Crippen LogP contribution in [0.15, 0.2) is 0 Å². The van der Waals surface area contributed by atoms with Gasteiger partial charge >= 0.3 is 0 Å². The summed E-state index contributed by atoms with van der Waals surface area (Å²) in [6.45, 7) is 7.23. The van der Waals surface area contributed by atoms with E-state index in [-0.39, 0.29) is 0 Å². The van der Waals surface area contributed by atoms with Gasteiger partial charge in [0.05, 0.1) is 0 Å². The molecule has 0 spiro atoms. The fourth-order valence-corrected chi connectivity index (χ4v) is 2.61. The van der Waals surface area contributed by atoms with E-state index in [4.69, 9.17) is 0 Å². The predicted octanol–water partition coefficient (Wildman–Crippen LogP) is 3.04. The number of fused-ring (bicyclic) bond motifs is 2. The highest BCUT2D eigenvalue weighted by atomic mass is 14.6. The quantitative estimate of drug-likeness (QED) is 0.481. The highest BCUT2D eigenvalue weighted by Gasteiger charge is 2.53. The molecule has 1 radical (unpaired) electrons. The second kappa shape index (κ2) is 1.60. The Kier molecular flexibility index (Phi) is 1.07. The molecule has 0 N–H and O–H groups in total. The molecule has 0 aromatic heterocycles. The Morgan fingerprint density at radius 2 is 1.80 bits per heavy atom. The van der Waals surface area contributed by atoms with Gasteiger partial charge in [-0.05, 0) is 42.4 Å². The van der Waals surface area contributed by atoms with Crippen LogP contribution in [0.2, 0.25) is 0 Å². The lowest BCUT2D eigenvalue weighted by Crippen LogP contribution is -2.51. The monoisotopic (exact) mass is 137 g/mol. The van der Waals surface area contributed by atoms with Crippen molar-refractivity contribution in [1.29, 1.82) is 0 Å². The zero-order valence-electron chi connectivity index (χ0n) is 7.28. The molecular weight excluding hydrogens is 120 g/mol. The van der Waals surface area contributed by atoms with Gasteiger partial charge in [0.2, 0.25) is 0 Å². The van der Waals surface area contributed by atoms with Crippen molar-refractivity contribution in [2.45, 2.75) is 40.0 Å². The van der Waals surface area contributed by atoms with Gasteiger partial charge in [-0.25, -0.2) is 0 Å². The summed E-state index contributed by atoms with van der Waals surface area (Å²) in [5.74, 6) is 1.05. The van der Waals surface area contributed by atoms with Crippen LogP contribution in [0, 0.1) is 23.2 Å². The van der Waals surface area contributed by atoms with E-state index in [0.717, 1.165) is 5.92 Å². The third kappa shape index (κ3) is 0.627. The zero-order chi connectivity index (χ0) is 7.41. The Morgan fingerprint density at radius 1 is 1.20 bits per heavy atom. The van der Waals surface area contributed by atoms with Crippen molar-refractivity contribution in [1.82, 2.24) is 0 Å². The summed E-state index contributed by atoms with van der Waals surface area (Å²) >= 11 is 0. The molecule has 3 aliphatic carbocycles. The molecule has 0 heterocycles. The lowest BCUT2D eigenvalue weighted by molar-refractivity contribution is -0.0643. The molecule has 2 bridgehead atoms. The summed E-state index contributed by atoms with van der Waals surface area (Å²) in [6.07, 6.45) is 6.88. The van der Waals surface area contributed by atoms with Crippen molar-refractivity contribution in [2.75, 3.05) is 0 Å². The summed E-state index contributed by atoms with van der Waals surface area (Å²) in [5.41, 5.74) is 1.18. The first kappa shape index (κ1) is 6.69. The van der Waals surface area contributed by atoms with Crippen LogP contribution in [0.5, 0.6) is 0 Å². The van der Waals surface area contributed by atoms with E-state index in [1.807, 2.05) is 0 Å². The van der Waals surface area contributed by atoms with Crippen molar-refractivity contribution in [2.24, 2.45) is 16.7 Å². The maximum absolute atomic E-state index is 2.53. The first-order valence-corrected chi connectivity index (χ1v) is 4.38. The van der Waals surface area contributed by atoms with Gasteiger partial charge < -0.3 is 0 Å². The van der Waals surface area contributed by atoms with E-state index in [2.05, 4.69) is 27.2 Å². The molecule has 3 saturated carbocycles. The minimum absolute atomic E-state index is 0.516. The minimum Gasteiger partial charge on any atom is -0.0591 e. The van der Waals surface area contributed by atoms with Gasteiger partial charge in [0.1, 0.15) is 0 Å². The molecule has 0 aliphatic heterocycles. The predicted molar refractivity (Wildman–Crippen MR) is 43.5 cm³/mol. The first-order valence-electron chi connectivity index (χ1n) is 4.38. The maximum Gasteiger partial charge on any atom is -0.0267 e. The SMILES string of the molecule is CC1(C)[CH]CC2CC1(C)C2. The summed E-state index contributed by atoms with van der Waals surface area (Å²) < 4.78 is 0. The van der Waals surface area contributed by atoms with E-state index in [0.29, 0.717) is 10.8 Å². The van der Waals surface area contributed by atoms with Crippen LogP contribution in [-0.4, -0.2) is 0 Å². The molecule has 0 saturated heterocycles. The van der Waals surface area contributed by atoms with Crippen LogP contribution in [0.1, 0.15) is 40.0 Å². The van der Waals surface area contributed by atoms with E-state index in [9.17, 15) is 0 Å². The lowest BCUT2D eigenvalue weighted by Gasteiger charge is -2.60. The van der Waals surface area contributed by atoms with Crippen molar-refractivity contribution in [3.63, 3.8) is 0 Å². The second-order valence-corrected chi connectivity index (χ2v) is 5.00. The molecule has 0 amide bonds. The summed E-state index contributed by atoms with van der Waals surface area (Å²) in [4.78, 5) is 0. The Morgan fingerprint density at radius 3 is 2.10 bits per heavy atom. The highest BCUT2D eigenvalue weighted by molar-refractivity contribution is 5.11. The van der Waals surface area contributed by atoms with Crippen LogP contribution < -0.4 is 0 Å².